The molecule has 1 aromatic carbocycles. The third kappa shape index (κ3) is 3.96. The first-order chi connectivity index (χ1) is 13.8. The van der Waals surface area contributed by atoms with Crippen LogP contribution in [-0.4, -0.2) is 39.7 Å². The third-order valence-corrected chi connectivity index (χ3v) is 3.94. The van der Waals surface area contributed by atoms with Crippen LogP contribution in [0.4, 0.5) is 8.78 Å². The zero-order valence-electron chi connectivity index (χ0n) is 15.4. The van der Waals surface area contributed by atoms with Crippen LogP contribution in [0, 0.1) is 0 Å². The molecule has 2 heterocycles. The fourth-order valence-electron chi connectivity index (χ4n) is 2.75. The minimum absolute atomic E-state index is 0.00837. The van der Waals surface area contributed by atoms with Gasteiger partial charge in [0.15, 0.2) is 5.78 Å². The molecular formula is C19H15F2N3O5. The number of Topliss-reactive ketones (excluding diaryl/α,β-unsaturated/α-hetero) is 1. The van der Waals surface area contributed by atoms with Crippen LogP contribution in [0.3, 0.4) is 0 Å². The average molecular weight is 403 g/mol. The fourth-order valence-corrected chi connectivity index (χ4v) is 2.75. The van der Waals surface area contributed by atoms with E-state index in [0.29, 0.717) is 0 Å². The Morgan fingerprint density at radius 2 is 1.97 bits per heavy atom. The van der Waals surface area contributed by atoms with E-state index < -0.39 is 23.7 Å². The van der Waals surface area contributed by atoms with Crippen LogP contribution in [0.5, 0.6) is 5.88 Å². The topological polar surface area (TPSA) is 100 Å². The number of fused-ring (bicyclic) bond motifs is 1. The predicted octanol–water partition coefficient (Wildman–Crippen LogP) is 2.76. The molecule has 3 aromatic rings. The van der Waals surface area contributed by atoms with E-state index in [0.717, 1.165) is 0 Å². The van der Waals surface area contributed by atoms with E-state index in [4.69, 9.17) is 4.74 Å². The van der Waals surface area contributed by atoms with Gasteiger partial charge in [-0.1, -0.05) is 12.1 Å². The monoisotopic (exact) mass is 403 g/mol. The van der Waals surface area contributed by atoms with Crippen molar-refractivity contribution in [1.29, 1.82) is 0 Å². The molecule has 150 valence electrons. The van der Waals surface area contributed by atoms with E-state index in [1.165, 1.54) is 42.1 Å². The Bertz CT molecular complexity index is 1140. The number of hydrogen-bond acceptors (Lipinski definition) is 7. The van der Waals surface area contributed by atoms with Crippen molar-refractivity contribution in [3.05, 3.63) is 58.0 Å². The summed E-state index contributed by atoms with van der Waals surface area (Å²) in [4.78, 5) is 40.9. The van der Waals surface area contributed by atoms with Crippen LogP contribution in [0.25, 0.3) is 16.6 Å². The number of halogens is 2. The number of carbonyl (C=O) groups is 2. The van der Waals surface area contributed by atoms with Crippen LogP contribution in [0.2, 0.25) is 0 Å². The standard InChI is InChI=1S/C19H15F2N3O5/c1-3-28-18(27)16-17(26)15-12(10(2)25)5-4-6-13(15)24(23-16)11-7-8-14(22-9-11)29-19(20)21/h4-9,19H,3H2,1-2H3. The van der Waals surface area contributed by atoms with E-state index in [1.54, 1.807) is 13.0 Å². The summed E-state index contributed by atoms with van der Waals surface area (Å²) >= 11 is 0. The molecule has 0 amide bonds. The number of benzene rings is 1. The number of alkyl halides is 2. The zero-order chi connectivity index (χ0) is 21.1. The maximum Gasteiger partial charge on any atom is 0.388 e. The van der Waals surface area contributed by atoms with Gasteiger partial charge < -0.3 is 9.47 Å². The van der Waals surface area contributed by atoms with E-state index in [9.17, 15) is 23.2 Å². The number of nitrogens with zero attached hydrogens (tertiary/aromatic N) is 3. The van der Waals surface area contributed by atoms with Crippen LogP contribution in [0.15, 0.2) is 41.3 Å². The second-order valence-corrected chi connectivity index (χ2v) is 5.80. The van der Waals surface area contributed by atoms with Gasteiger partial charge in [-0.25, -0.2) is 14.5 Å². The van der Waals surface area contributed by atoms with Crippen LogP contribution >= 0.6 is 0 Å². The molecule has 0 aliphatic heterocycles. The Morgan fingerprint density at radius 1 is 1.21 bits per heavy atom. The fraction of sp³-hybridized carbons (Fsp3) is 0.211. The summed E-state index contributed by atoms with van der Waals surface area (Å²) in [7, 11) is 0. The molecule has 0 fully saturated rings. The second kappa shape index (κ2) is 8.13. The summed E-state index contributed by atoms with van der Waals surface area (Å²) < 4.78 is 35.0. The number of esters is 1. The van der Waals surface area contributed by atoms with Crippen molar-refractivity contribution in [1.82, 2.24) is 14.8 Å². The highest BCUT2D eigenvalue weighted by Crippen LogP contribution is 2.21. The SMILES string of the molecule is CCOC(=O)c1nn(-c2ccc(OC(F)F)nc2)c2cccc(C(C)=O)c2c1=O. The molecule has 0 atom stereocenters. The van der Waals surface area contributed by atoms with Gasteiger partial charge in [0.2, 0.25) is 17.0 Å². The number of aromatic nitrogens is 3. The first-order valence-corrected chi connectivity index (χ1v) is 8.48. The first kappa shape index (κ1) is 20.1. The Balaban J connectivity index is 2.29. The lowest BCUT2D eigenvalue weighted by atomic mass is 10.0. The smallest absolute Gasteiger partial charge is 0.388 e. The van der Waals surface area contributed by atoms with Crippen LogP contribution < -0.4 is 10.2 Å². The highest BCUT2D eigenvalue weighted by molar-refractivity contribution is 6.07. The number of ketones is 1. The number of hydrogen-bond donors (Lipinski definition) is 0. The molecule has 0 radical (unpaired) electrons. The van der Waals surface area contributed by atoms with Crippen molar-refractivity contribution in [2.24, 2.45) is 0 Å². The van der Waals surface area contributed by atoms with Crippen molar-refractivity contribution >= 4 is 22.7 Å². The number of rotatable bonds is 6. The molecule has 3 rings (SSSR count). The molecule has 2 aromatic heterocycles. The van der Waals surface area contributed by atoms with Crippen molar-refractivity contribution in [2.45, 2.75) is 20.5 Å². The summed E-state index contributed by atoms with van der Waals surface area (Å²) in [5.41, 5.74) is -0.658. The van der Waals surface area contributed by atoms with Gasteiger partial charge in [0.25, 0.3) is 0 Å². The van der Waals surface area contributed by atoms with Gasteiger partial charge in [-0.05, 0) is 26.0 Å². The second-order valence-electron chi connectivity index (χ2n) is 5.80. The van der Waals surface area contributed by atoms with Crippen molar-refractivity contribution in [3.8, 4) is 11.6 Å². The maximum atomic E-state index is 12.9. The maximum absolute atomic E-state index is 12.9. The Morgan fingerprint density at radius 3 is 2.55 bits per heavy atom. The summed E-state index contributed by atoms with van der Waals surface area (Å²) in [5.74, 6) is -1.64. The lowest BCUT2D eigenvalue weighted by Crippen LogP contribution is -2.25. The summed E-state index contributed by atoms with van der Waals surface area (Å²) in [6.07, 6.45) is 1.18. The lowest BCUT2D eigenvalue weighted by Gasteiger charge is -2.13. The lowest BCUT2D eigenvalue weighted by molar-refractivity contribution is -0.0528. The third-order valence-electron chi connectivity index (χ3n) is 3.94. The van der Waals surface area contributed by atoms with E-state index in [1.807, 2.05) is 0 Å². The summed E-state index contributed by atoms with van der Waals surface area (Å²) in [6.45, 7) is -0.146. The molecule has 0 aliphatic rings. The van der Waals surface area contributed by atoms with Crippen LogP contribution in [-0.2, 0) is 4.74 Å². The normalized spacial score (nSPS) is 10.9. The molecule has 0 bridgehead atoms. The van der Waals surface area contributed by atoms with E-state index in [2.05, 4.69) is 14.8 Å². The molecule has 0 saturated carbocycles. The number of ether oxygens (including phenoxy) is 2. The molecule has 29 heavy (non-hydrogen) atoms. The highest BCUT2D eigenvalue weighted by Gasteiger charge is 2.22. The Kier molecular flexibility index (Phi) is 5.62. The van der Waals surface area contributed by atoms with Crippen molar-refractivity contribution in [3.63, 3.8) is 0 Å². The molecule has 0 saturated heterocycles. The molecule has 0 aliphatic carbocycles. The molecule has 8 nitrogen and oxygen atoms in total. The molecule has 10 heteroatoms. The summed E-state index contributed by atoms with van der Waals surface area (Å²) in [5, 5.41) is 4.06. The molecular weight excluding hydrogens is 388 g/mol. The van der Waals surface area contributed by atoms with E-state index in [-0.39, 0.29) is 40.4 Å². The number of carbonyl (C=O) groups excluding carboxylic acids is 2. The van der Waals surface area contributed by atoms with Gasteiger partial charge in [0, 0.05) is 11.6 Å². The predicted molar refractivity (Wildman–Crippen MR) is 97.7 cm³/mol. The highest BCUT2D eigenvalue weighted by atomic mass is 19.3. The van der Waals surface area contributed by atoms with E-state index >= 15 is 0 Å². The number of pyridine rings is 1. The molecule has 0 spiro atoms. The average Bonchev–Trinajstić information content (AvgIpc) is 2.68. The van der Waals surface area contributed by atoms with Crippen molar-refractivity contribution < 1.29 is 27.8 Å². The van der Waals surface area contributed by atoms with Gasteiger partial charge in [0.05, 0.1) is 29.4 Å². The van der Waals surface area contributed by atoms with Gasteiger partial charge >= 0.3 is 12.6 Å². The minimum atomic E-state index is -3.03. The zero-order valence-corrected chi connectivity index (χ0v) is 15.4. The van der Waals surface area contributed by atoms with Gasteiger partial charge in [0.1, 0.15) is 0 Å². The minimum Gasteiger partial charge on any atom is -0.461 e. The largest absolute Gasteiger partial charge is 0.461 e. The van der Waals surface area contributed by atoms with Gasteiger partial charge in [-0.2, -0.15) is 13.9 Å². The van der Waals surface area contributed by atoms with Gasteiger partial charge in [-0.15, -0.1) is 0 Å². The molecule has 0 unspecified atom stereocenters. The quantitative estimate of drug-likeness (QED) is 0.461. The first-order valence-electron chi connectivity index (χ1n) is 8.48. The van der Waals surface area contributed by atoms with Crippen LogP contribution in [0.1, 0.15) is 34.7 Å². The Hall–Kier alpha value is -3.69. The Labute approximate surface area is 162 Å². The molecule has 0 N–H and O–H groups in total. The van der Waals surface area contributed by atoms with Gasteiger partial charge in [-0.3, -0.25) is 9.59 Å². The summed E-state index contributed by atoms with van der Waals surface area (Å²) in [6, 6.07) is 7.11. The van der Waals surface area contributed by atoms with Crippen molar-refractivity contribution in [2.75, 3.05) is 6.61 Å².